The van der Waals surface area contributed by atoms with Crippen LogP contribution in [0.4, 0.5) is 0 Å². The quantitative estimate of drug-likeness (QED) is 0.454. The summed E-state index contributed by atoms with van der Waals surface area (Å²) in [5.74, 6) is -0.352. The molecule has 1 amide bonds. The third kappa shape index (κ3) is 4.68. The molecular weight excluding hydrogens is 266 g/mol. The van der Waals surface area contributed by atoms with Crippen molar-refractivity contribution < 1.29 is 29.6 Å². The zero-order valence-electron chi connectivity index (χ0n) is 12.0. The third-order valence-electron chi connectivity index (χ3n) is 3.28. The van der Waals surface area contributed by atoms with Crippen LogP contribution in [0.2, 0.25) is 0 Å². The average molecular weight is 291 g/mol. The molecule has 0 unspecified atom stereocenters. The summed E-state index contributed by atoms with van der Waals surface area (Å²) >= 11 is 0. The van der Waals surface area contributed by atoms with Crippen LogP contribution in [0.5, 0.6) is 0 Å². The lowest BCUT2D eigenvalue weighted by Crippen LogP contribution is -2.64. The van der Waals surface area contributed by atoms with E-state index in [0.29, 0.717) is 6.61 Å². The molecule has 1 rings (SSSR count). The summed E-state index contributed by atoms with van der Waals surface area (Å²) in [6.45, 7) is 3.37. The standard InChI is InChI=1S/C13H25NO6/c1-3-4-5-6-19-13-10(14-8(2)16)12(18)11(17)9(7-15)20-13/h9-13,15,17-18H,3-7H2,1-2H3,(H,14,16)/t9-,10+,11+,12-,13-/m0/s1. The molecular formula is C13H25NO6. The first-order valence-electron chi connectivity index (χ1n) is 7.02. The van der Waals surface area contributed by atoms with Gasteiger partial charge in [0, 0.05) is 13.5 Å². The van der Waals surface area contributed by atoms with Gasteiger partial charge in [-0.1, -0.05) is 19.8 Å². The highest BCUT2D eigenvalue weighted by molar-refractivity contribution is 5.73. The van der Waals surface area contributed by atoms with Crippen molar-refractivity contribution in [3.8, 4) is 0 Å². The van der Waals surface area contributed by atoms with Crippen molar-refractivity contribution in [2.24, 2.45) is 0 Å². The normalized spacial score (nSPS) is 34.0. The van der Waals surface area contributed by atoms with Crippen LogP contribution in [0.25, 0.3) is 0 Å². The highest BCUT2D eigenvalue weighted by Crippen LogP contribution is 2.22. The molecule has 20 heavy (non-hydrogen) atoms. The van der Waals surface area contributed by atoms with Crippen molar-refractivity contribution in [3.05, 3.63) is 0 Å². The smallest absolute Gasteiger partial charge is 0.217 e. The molecule has 5 atom stereocenters. The number of rotatable bonds is 7. The molecule has 1 aliphatic rings. The number of aliphatic hydroxyl groups excluding tert-OH is 3. The minimum Gasteiger partial charge on any atom is -0.394 e. The maximum absolute atomic E-state index is 11.2. The first-order chi connectivity index (χ1) is 9.51. The van der Waals surface area contributed by atoms with Gasteiger partial charge in [-0.25, -0.2) is 0 Å². The van der Waals surface area contributed by atoms with Crippen molar-refractivity contribution in [2.75, 3.05) is 13.2 Å². The lowest BCUT2D eigenvalue weighted by molar-refractivity contribution is -0.270. The average Bonchev–Trinajstić information content (AvgIpc) is 2.41. The Morgan fingerprint density at radius 1 is 1.30 bits per heavy atom. The molecule has 7 nitrogen and oxygen atoms in total. The molecule has 0 aromatic heterocycles. The number of hydrogen-bond acceptors (Lipinski definition) is 6. The van der Waals surface area contributed by atoms with Crippen LogP contribution in [-0.2, 0) is 14.3 Å². The Kier molecular flexibility index (Phi) is 7.39. The first-order valence-corrected chi connectivity index (χ1v) is 7.02. The second-order valence-corrected chi connectivity index (χ2v) is 5.01. The zero-order chi connectivity index (χ0) is 15.1. The molecule has 118 valence electrons. The van der Waals surface area contributed by atoms with Gasteiger partial charge in [-0.15, -0.1) is 0 Å². The Morgan fingerprint density at radius 3 is 2.55 bits per heavy atom. The van der Waals surface area contributed by atoms with Gasteiger partial charge in [0.15, 0.2) is 6.29 Å². The van der Waals surface area contributed by atoms with Gasteiger partial charge in [0.2, 0.25) is 5.91 Å². The van der Waals surface area contributed by atoms with Crippen LogP contribution in [-0.4, -0.2) is 65.1 Å². The lowest BCUT2D eigenvalue weighted by atomic mass is 9.97. The SMILES string of the molecule is CCCCCO[C@H]1O[C@@H](CO)[C@@H](O)[C@@H](O)[C@H]1NC(C)=O. The minimum absolute atomic E-state index is 0.352. The Morgan fingerprint density at radius 2 is 2.00 bits per heavy atom. The number of ether oxygens (including phenoxy) is 2. The summed E-state index contributed by atoms with van der Waals surface area (Å²) in [5, 5.41) is 31.5. The van der Waals surface area contributed by atoms with E-state index < -0.39 is 37.3 Å². The summed E-state index contributed by atoms with van der Waals surface area (Å²) in [7, 11) is 0. The number of nitrogens with one attached hydrogen (secondary N) is 1. The van der Waals surface area contributed by atoms with E-state index in [1.54, 1.807) is 0 Å². The fourth-order valence-corrected chi connectivity index (χ4v) is 2.16. The Hall–Kier alpha value is -0.730. The predicted molar refractivity (Wildman–Crippen MR) is 70.8 cm³/mol. The maximum atomic E-state index is 11.2. The van der Waals surface area contributed by atoms with Gasteiger partial charge in [0.05, 0.1) is 6.61 Å². The van der Waals surface area contributed by atoms with Gasteiger partial charge < -0.3 is 30.1 Å². The molecule has 0 aromatic rings. The van der Waals surface area contributed by atoms with Crippen molar-refractivity contribution in [1.29, 1.82) is 0 Å². The zero-order valence-corrected chi connectivity index (χ0v) is 12.0. The first kappa shape index (κ1) is 17.3. The van der Waals surface area contributed by atoms with Crippen LogP contribution in [0, 0.1) is 0 Å². The fourth-order valence-electron chi connectivity index (χ4n) is 2.16. The number of carbonyl (C=O) groups excluding carboxylic acids is 1. The van der Waals surface area contributed by atoms with E-state index in [1.807, 2.05) is 0 Å². The number of amides is 1. The largest absolute Gasteiger partial charge is 0.394 e. The number of carbonyl (C=O) groups is 1. The van der Waals surface area contributed by atoms with Crippen molar-refractivity contribution in [2.45, 2.75) is 63.8 Å². The number of unbranched alkanes of at least 4 members (excludes halogenated alkanes) is 2. The van der Waals surface area contributed by atoms with E-state index in [-0.39, 0.29) is 5.91 Å². The summed E-state index contributed by atoms with van der Waals surface area (Å²) < 4.78 is 10.9. The van der Waals surface area contributed by atoms with Crippen LogP contribution < -0.4 is 5.32 Å². The van der Waals surface area contributed by atoms with Crippen LogP contribution in [0.3, 0.4) is 0 Å². The van der Waals surface area contributed by atoms with E-state index in [4.69, 9.17) is 14.6 Å². The Bertz CT molecular complexity index is 301. The fraction of sp³-hybridized carbons (Fsp3) is 0.923. The molecule has 1 fully saturated rings. The highest BCUT2D eigenvalue weighted by atomic mass is 16.7. The second kappa shape index (κ2) is 8.53. The molecule has 1 saturated heterocycles. The molecule has 7 heteroatoms. The molecule has 0 aromatic carbocycles. The lowest BCUT2D eigenvalue weighted by Gasteiger charge is -2.42. The van der Waals surface area contributed by atoms with E-state index in [1.165, 1.54) is 6.92 Å². The van der Waals surface area contributed by atoms with E-state index in [0.717, 1.165) is 19.3 Å². The minimum atomic E-state index is -1.27. The van der Waals surface area contributed by atoms with Gasteiger partial charge in [-0.05, 0) is 6.42 Å². The van der Waals surface area contributed by atoms with Gasteiger partial charge in [-0.2, -0.15) is 0 Å². The van der Waals surface area contributed by atoms with Gasteiger partial charge in [0.1, 0.15) is 24.4 Å². The molecule has 0 saturated carbocycles. The number of hydrogen-bond donors (Lipinski definition) is 4. The van der Waals surface area contributed by atoms with Crippen molar-refractivity contribution in [3.63, 3.8) is 0 Å². The number of aliphatic hydroxyl groups is 3. The van der Waals surface area contributed by atoms with Crippen molar-refractivity contribution in [1.82, 2.24) is 5.32 Å². The Balaban J connectivity index is 2.65. The molecule has 0 aliphatic carbocycles. The molecule has 0 bridgehead atoms. The van der Waals surface area contributed by atoms with Gasteiger partial charge >= 0.3 is 0 Å². The molecule has 1 aliphatic heterocycles. The summed E-state index contributed by atoms with van der Waals surface area (Å²) in [4.78, 5) is 11.2. The third-order valence-corrected chi connectivity index (χ3v) is 3.28. The highest BCUT2D eigenvalue weighted by Gasteiger charge is 2.45. The molecule has 0 radical (unpaired) electrons. The van der Waals surface area contributed by atoms with E-state index >= 15 is 0 Å². The Labute approximate surface area is 118 Å². The van der Waals surface area contributed by atoms with Crippen LogP contribution in [0.1, 0.15) is 33.1 Å². The molecule has 4 N–H and O–H groups in total. The summed E-state index contributed by atoms with van der Waals surface area (Å²) in [5.41, 5.74) is 0. The van der Waals surface area contributed by atoms with E-state index in [9.17, 15) is 15.0 Å². The van der Waals surface area contributed by atoms with Crippen LogP contribution >= 0.6 is 0 Å². The second-order valence-electron chi connectivity index (χ2n) is 5.01. The predicted octanol–water partition coefficient (Wildman–Crippen LogP) is -0.863. The van der Waals surface area contributed by atoms with Gasteiger partial charge in [0.25, 0.3) is 0 Å². The molecule has 0 spiro atoms. The van der Waals surface area contributed by atoms with Crippen LogP contribution in [0.15, 0.2) is 0 Å². The topological polar surface area (TPSA) is 108 Å². The van der Waals surface area contributed by atoms with Crippen molar-refractivity contribution >= 4 is 5.91 Å². The molecule has 1 heterocycles. The maximum Gasteiger partial charge on any atom is 0.217 e. The summed E-state index contributed by atoms with van der Waals surface area (Å²) in [6, 6.07) is -0.855. The van der Waals surface area contributed by atoms with E-state index in [2.05, 4.69) is 12.2 Å². The monoisotopic (exact) mass is 291 g/mol. The van der Waals surface area contributed by atoms with Gasteiger partial charge in [-0.3, -0.25) is 4.79 Å². The summed E-state index contributed by atoms with van der Waals surface area (Å²) in [6.07, 6.45) is -1.44.